The van der Waals surface area contributed by atoms with E-state index in [0.29, 0.717) is 6.54 Å². The van der Waals surface area contributed by atoms with Crippen LogP contribution in [0.1, 0.15) is 30.5 Å². The number of rotatable bonds is 7. The van der Waals surface area contributed by atoms with E-state index in [9.17, 15) is 0 Å². The van der Waals surface area contributed by atoms with Crippen LogP contribution in [0.2, 0.25) is 0 Å². The second kappa shape index (κ2) is 10.8. The quantitative estimate of drug-likeness (QED) is 0.559. The topological polar surface area (TPSA) is 55.8 Å². The number of aryl methyl sites for hydroxylation is 1. The highest BCUT2D eigenvalue weighted by atomic mass is 15.3. The van der Waals surface area contributed by atoms with Crippen LogP contribution in [-0.2, 0) is 13.1 Å². The van der Waals surface area contributed by atoms with E-state index in [-0.39, 0.29) is 0 Å². The summed E-state index contributed by atoms with van der Waals surface area (Å²) in [6, 6.07) is 12.7. The molecule has 2 N–H and O–H groups in total. The maximum absolute atomic E-state index is 4.78. The molecule has 156 valence electrons. The number of likely N-dealkylation sites (N-methyl/N-ethyl adjacent to an activating group) is 1. The van der Waals surface area contributed by atoms with Crippen LogP contribution >= 0.6 is 0 Å². The van der Waals surface area contributed by atoms with Gasteiger partial charge in [-0.15, -0.1) is 0 Å². The van der Waals surface area contributed by atoms with Gasteiger partial charge in [-0.25, -0.2) is 9.98 Å². The minimum Gasteiger partial charge on any atom is -0.357 e. The second-order valence-electron chi connectivity index (χ2n) is 7.42. The van der Waals surface area contributed by atoms with Gasteiger partial charge in [0, 0.05) is 45.5 Å². The molecule has 6 heteroatoms. The third kappa shape index (κ3) is 6.19. The number of guanidine groups is 1. The predicted molar refractivity (Wildman–Crippen MR) is 121 cm³/mol. The lowest BCUT2D eigenvalue weighted by molar-refractivity contribution is 0.270. The lowest BCUT2D eigenvalue weighted by Crippen LogP contribution is -2.46. The van der Waals surface area contributed by atoms with Gasteiger partial charge in [0.25, 0.3) is 0 Å². The summed E-state index contributed by atoms with van der Waals surface area (Å²) in [7, 11) is 0. The van der Waals surface area contributed by atoms with Crippen molar-refractivity contribution in [1.29, 1.82) is 0 Å². The molecule has 0 unspecified atom stereocenters. The predicted octanol–water partition coefficient (Wildman–Crippen LogP) is 2.79. The van der Waals surface area contributed by atoms with Crippen LogP contribution in [0.3, 0.4) is 0 Å². The van der Waals surface area contributed by atoms with Crippen LogP contribution in [-0.4, -0.2) is 55.1 Å². The van der Waals surface area contributed by atoms with Crippen LogP contribution in [0.15, 0.2) is 47.6 Å². The molecule has 1 aliphatic rings. The lowest BCUT2D eigenvalue weighted by atomic mass is 10.1. The van der Waals surface area contributed by atoms with Gasteiger partial charge in [-0.2, -0.15) is 0 Å². The Morgan fingerprint density at radius 3 is 2.59 bits per heavy atom. The maximum Gasteiger partial charge on any atom is 0.191 e. The fraction of sp³-hybridized carbons (Fsp3) is 0.478. The zero-order valence-corrected chi connectivity index (χ0v) is 18.0. The third-order valence-electron chi connectivity index (χ3n) is 5.42. The van der Waals surface area contributed by atoms with Crippen molar-refractivity contribution in [1.82, 2.24) is 20.5 Å². The van der Waals surface area contributed by atoms with E-state index < -0.39 is 0 Å². The van der Waals surface area contributed by atoms with Crippen molar-refractivity contribution >= 4 is 11.8 Å². The molecule has 29 heavy (non-hydrogen) atoms. The van der Waals surface area contributed by atoms with Crippen molar-refractivity contribution in [3.63, 3.8) is 0 Å². The molecule has 1 aliphatic heterocycles. The summed E-state index contributed by atoms with van der Waals surface area (Å²) < 4.78 is 0. The van der Waals surface area contributed by atoms with Crippen LogP contribution in [0.25, 0.3) is 0 Å². The molecule has 2 heterocycles. The number of hydrogen-bond acceptors (Lipinski definition) is 4. The van der Waals surface area contributed by atoms with Crippen molar-refractivity contribution in [3.05, 3.63) is 59.3 Å². The molecule has 0 saturated carbocycles. The van der Waals surface area contributed by atoms with E-state index >= 15 is 0 Å². The Morgan fingerprint density at radius 2 is 1.86 bits per heavy atom. The largest absolute Gasteiger partial charge is 0.357 e. The maximum atomic E-state index is 4.78. The summed E-state index contributed by atoms with van der Waals surface area (Å²) in [5.74, 6) is 1.90. The zero-order chi connectivity index (χ0) is 20.5. The molecular formula is C23H34N6. The summed E-state index contributed by atoms with van der Waals surface area (Å²) >= 11 is 0. The number of hydrogen-bond donors (Lipinski definition) is 2. The Balaban J connectivity index is 1.61. The summed E-state index contributed by atoms with van der Waals surface area (Å²) in [5.41, 5.74) is 3.76. The Morgan fingerprint density at radius 1 is 1.07 bits per heavy atom. The summed E-state index contributed by atoms with van der Waals surface area (Å²) in [6.45, 7) is 14.1. The first-order chi connectivity index (χ1) is 14.2. The van der Waals surface area contributed by atoms with Gasteiger partial charge in [0.1, 0.15) is 5.82 Å². The summed E-state index contributed by atoms with van der Waals surface area (Å²) in [6.07, 6.45) is 1.90. The van der Waals surface area contributed by atoms with Crippen LogP contribution in [0, 0.1) is 6.92 Å². The molecule has 1 aromatic carbocycles. The minimum atomic E-state index is 0.632. The molecule has 0 spiro atoms. The van der Waals surface area contributed by atoms with E-state index in [2.05, 4.69) is 82.6 Å². The van der Waals surface area contributed by atoms with Gasteiger partial charge < -0.3 is 20.4 Å². The van der Waals surface area contributed by atoms with Crippen LogP contribution in [0.4, 0.5) is 5.82 Å². The number of piperazine rings is 1. The first kappa shape index (κ1) is 21.1. The van der Waals surface area contributed by atoms with Crippen LogP contribution < -0.4 is 15.5 Å². The fourth-order valence-corrected chi connectivity index (χ4v) is 3.52. The molecular weight excluding hydrogens is 360 g/mol. The van der Waals surface area contributed by atoms with Gasteiger partial charge in [0.2, 0.25) is 0 Å². The van der Waals surface area contributed by atoms with E-state index in [1.807, 2.05) is 6.20 Å². The molecule has 0 radical (unpaired) electrons. The number of anilines is 1. The third-order valence-corrected chi connectivity index (χ3v) is 5.42. The molecule has 0 amide bonds. The number of pyridine rings is 1. The number of aliphatic imine (C=N–C) groups is 1. The molecule has 2 aromatic rings. The van der Waals surface area contributed by atoms with Gasteiger partial charge >= 0.3 is 0 Å². The molecule has 3 rings (SSSR count). The second-order valence-corrected chi connectivity index (χ2v) is 7.42. The Kier molecular flexibility index (Phi) is 7.87. The van der Waals surface area contributed by atoms with Crippen molar-refractivity contribution in [2.45, 2.75) is 33.9 Å². The zero-order valence-electron chi connectivity index (χ0n) is 18.0. The Bertz CT molecular complexity index is 795. The smallest absolute Gasteiger partial charge is 0.191 e. The van der Waals surface area contributed by atoms with E-state index in [4.69, 9.17) is 4.99 Å². The van der Waals surface area contributed by atoms with Gasteiger partial charge in [0.05, 0.1) is 6.54 Å². The summed E-state index contributed by atoms with van der Waals surface area (Å²) in [5, 5.41) is 6.78. The highest BCUT2D eigenvalue weighted by molar-refractivity contribution is 5.79. The molecule has 1 aromatic heterocycles. The Hall–Kier alpha value is -2.60. The van der Waals surface area contributed by atoms with E-state index in [1.54, 1.807) is 0 Å². The summed E-state index contributed by atoms with van der Waals surface area (Å²) in [4.78, 5) is 14.2. The van der Waals surface area contributed by atoms with Gasteiger partial charge in [0.15, 0.2) is 5.96 Å². The lowest BCUT2D eigenvalue weighted by Gasteiger charge is -2.34. The normalized spacial score (nSPS) is 15.4. The van der Waals surface area contributed by atoms with Gasteiger partial charge in [-0.1, -0.05) is 31.2 Å². The number of benzene rings is 1. The molecule has 0 bridgehead atoms. The first-order valence-electron chi connectivity index (χ1n) is 10.7. The van der Waals surface area contributed by atoms with Crippen LogP contribution in [0.5, 0.6) is 0 Å². The number of nitrogens with one attached hydrogen (secondary N) is 2. The number of aromatic nitrogens is 1. The molecule has 0 aliphatic carbocycles. The van der Waals surface area contributed by atoms with Gasteiger partial charge in [-0.05, 0) is 49.2 Å². The standard InChI is InChI=1S/C23H34N6/c1-4-24-23(27-18-21-9-7-6-8-19(21)3)26-17-20-10-11-25-22(16-20)29-14-12-28(5-2)13-15-29/h6-11,16H,4-5,12-15,17-18H2,1-3H3,(H2,24,26,27). The Labute approximate surface area is 175 Å². The highest BCUT2D eigenvalue weighted by Crippen LogP contribution is 2.15. The average Bonchev–Trinajstić information content (AvgIpc) is 2.77. The first-order valence-corrected chi connectivity index (χ1v) is 10.7. The SMILES string of the molecule is CCNC(=NCc1ccnc(N2CCN(CC)CC2)c1)NCc1ccccc1C. The van der Waals surface area contributed by atoms with E-state index in [1.165, 1.54) is 16.7 Å². The molecule has 1 saturated heterocycles. The van der Waals surface area contributed by atoms with Crippen molar-refractivity contribution in [2.24, 2.45) is 4.99 Å². The van der Waals surface area contributed by atoms with Crippen molar-refractivity contribution in [3.8, 4) is 0 Å². The average molecular weight is 395 g/mol. The molecule has 6 nitrogen and oxygen atoms in total. The van der Waals surface area contributed by atoms with Crippen molar-refractivity contribution in [2.75, 3.05) is 44.2 Å². The van der Waals surface area contributed by atoms with E-state index in [0.717, 1.165) is 57.6 Å². The minimum absolute atomic E-state index is 0.632. The molecule has 1 fully saturated rings. The fourth-order valence-electron chi connectivity index (χ4n) is 3.52. The molecule has 0 atom stereocenters. The number of nitrogens with zero attached hydrogens (tertiary/aromatic N) is 4. The van der Waals surface area contributed by atoms with Gasteiger partial charge in [-0.3, -0.25) is 0 Å². The highest BCUT2D eigenvalue weighted by Gasteiger charge is 2.16. The monoisotopic (exact) mass is 394 g/mol. The van der Waals surface area contributed by atoms with Crippen molar-refractivity contribution < 1.29 is 0 Å².